The Labute approximate surface area is 132 Å². The number of fused-ring (bicyclic) bond motifs is 1. The molecule has 0 amide bonds. The lowest BCUT2D eigenvalue weighted by atomic mass is 10.3. The van der Waals surface area contributed by atoms with E-state index in [-0.39, 0.29) is 6.54 Å². The third kappa shape index (κ3) is 5.15. The molecule has 0 radical (unpaired) electrons. The first-order chi connectivity index (χ1) is 10.9. The topological polar surface area (TPSA) is 53.7 Å². The molecule has 0 aliphatic rings. The van der Waals surface area contributed by atoms with Crippen LogP contribution in [0.3, 0.4) is 0 Å². The van der Waals surface area contributed by atoms with Gasteiger partial charge in [-0.2, -0.15) is 13.2 Å². The van der Waals surface area contributed by atoms with Gasteiger partial charge in [-0.1, -0.05) is 6.07 Å². The maximum atomic E-state index is 12.1. The van der Waals surface area contributed by atoms with Gasteiger partial charge in [0.25, 0.3) is 0 Å². The van der Waals surface area contributed by atoms with Gasteiger partial charge in [0, 0.05) is 39.0 Å². The molecule has 0 saturated heterocycles. The van der Waals surface area contributed by atoms with Crippen LogP contribution in [0.2, 0.25) is 0 Å². The van der Waals surface area contributed by atoms with Gasteiger partial charge in [0.15, 0.2) is 5.96 Å². The molecule has 0 aliphatic carbocycles. The zero-order chi connectivity index (χ0) is 16.9. The van der Waals surface area contributed by atoms with Crippen molar-refractivity contribution < 1.29 is 13.2 Å². The number of alkyl halides is 3. The number of rotatable bonds is 5. The molecule has 0 aromatic carbocycles. The fourth-order valence-electron chi connectivity index (χ4n) is 2.18. The Morgan fingerprint density at radius 3 is 2.70 bits per heavy atom. The summed E-state index contributed by atoms with van der Waals surface area (Å²) in [6, 6.07) is 3.95. The average Bonchev–Trinajstić information content (AvgIpc) is 2.89. The average molecular weight is 327 g/mol. The second-order valence-corrected chi connectivity index (χ2v) is 5.20. The van der Waals surface area contributed by atoms with Crippen LogP contribution in [0, 0.1) is 6.92 Å². The van der Waals surface area contributed by atoms with Crippen LogP contribution in [0.25, 0.3) is 5.65 Å². The standard InChI is InChI=1S/C15H20F3N5/c1-11-4-3-9-23-10-12(22-13(11)23)5-7-20-14(19-2)21-8-6-15(16,17)18/h3-4,9-10H,5-8H2,1-2H3,(H2,19,20,21). The summed E-state index contributed by atoms with van der Waals surface area (Å²) in [5, 5.41) is 5.63. The molecule has 23 heavy (non-hydrogen) atoms. The van der Waals surface area contributed by atoms with Gasteiger partial charge >= 0.3 is 6.18 Å². The van der Waals surface area contributed by atoms with Crippen molar-refractivity contribution in [2.75, 3.05) is 20.1 Å². The lowest BCUT2D eigenvalue weighted by Crippen LogP contribution is -2.39. The molecule has 2 N–H and O–H groups in total. The van der Waals surface area contributed by atoms with E-state index in [0.717, 1.165) is 16.9 Å². The van der Waals surface area contributed by atoms with Crippen molar-refractivity contribution in [1.82, 2.24) is 20.0 Å². The second-order valence-electron chi connectivity index (χ2n) is 5.20. The number of guanidine groups is 1. The van der Waals surface area contributed by atoms with Gasteiger partial charge in [0.05, 0.1) is 12.1 Å². The Hall–Kier alpha value is -2.25. The number of aliphatic imine (C=N–C) groups is 1. The van der Waals surface area contributed by atoms with Gasteiger partial charge in [-0.05, 0) is 18.6 Å². The van der Waals surface area contributed by atoms with E-state index in [1.165, 1.54) is 7.05 Å². The first-order valence-electron chi connectivity index (χ1n) is 7.33. The van der Waals surface area contributed by atoms with Gasteiger partial charge in [-0.25, -0.2) is 4.98 Å². The molecule has 0 spiro atoms. The lowest BCUT2D eigenvalue weighted by molar-refractivity contribution is -0.132. The molecule has 126 valence electrons. The zero-order valence-electron chi connectivity index (χ0n) is 13.1. The predicted molar refractivity (Wildman–Crippen MR) is 83.7 cm³/mol. The zero-order valence-corrected chi connectivity index (χ0v) is 13.1. The number of aryl methyl sites for hydroxylation is 1. The van der Waals surface area contributed by atoms with E-state index in [2.05, 4.69) is 20.6 Å². The molecule has 2 heterocycles. The Balaban J connectivity index is 1.81. The molecule has 5 nitrogen and oxygen atoms in total. The van der Waals surface area contributed by atoms with Gasteiger partial charge in [0.2, 0.25) is 0 Å². The number of nitrogens with zero attached hydrogens (tertiary/aromatic N) is 3. The number of aromatic nitrogens is 2. The molecule has 0 bridgehead atoms. The summed E-state index contributed by atoms with van der Waals surface area (Å²) in [5.41, 5.74) is 2.92. The predicted octanol–water partition coefficient (Wildman–Crippen LogP) is 2.30. The highest BCUT2D eigenvalue weighted by atomic mass is 19.4. The van der Waals surface area contributed by atoms with Crippen molar-refractivity contribution in [1.29, 1.82) is 0 Å². The Morgan fingerprint density at radius 1 is 1.30 bits per heavy atom. The van der Waals surface area contributed by atoms with E-state index in [1.807, 2.05) is 35.9 Å². The minimum atomic E-state index is -4.17. The molecule has 0 aliphatic heterocycles. The minimum absolute atomic E-state index is 0.198. The molecule has 0 saturated carbocycles. The number of imidazole rings is 1. The SMILES string of the molecule is CN=C(NCCc1cn2cccc(C)c2n1)NCCC(F)(F)F. The number of nitrogens with one attached hydrogen (secondary N) is 2. The largest absolute Gasteiger partial charge is 0.390 e. The van der Waals surface area contributed by atoms with E-state index in [1.54, 1.807) is 0 Å². The maximum Gasteiger partial charge on any atom is 0.390 e. The van der Waals surface area contributed by atoms with Gasteiger partial charge < -0.3 is 15.0 Å². The smallest absolute Gasteiger partial charge is 0.356 e. The van der Waals surface area contributed by atoms with Crippen molar-refractivity contribution in [3.63, 3.8) is 0 Å². The van der Waals surface area contributed by atoms with Gasteiger partial charge in [0.1, 0.15) is 5.65 Å². The molecule has 0 unspecified atom stereocenters. The Kier molecular flexibility index (Phi) is 5.46. The van der Waals surface area contributed by atoms with Crippen LogP contribution >= 0.6 is 0 Å². The first kappa shape index (κ1) is 17.1. The second kappa shape index (κ2) is 7.34. The fraction of sp³-hybridized carbons (Fsp3) is 0.467. The van der Waals surface area contributed by atoms with Crippen molar-refractivity contribution in [3.8, 4) is 0 Å². The van der Waals surface area contributed by atoms with E-state index in [4.69, 9.17) is 0 Å². The molecule has 2 aromatic rings. The van der Waals surface area contributed by atoms with Crippen LogP contribution < -0.4 is 10.6 Å². The number of hydrogen-bond acceptors (Lipinski definition) is 2. The summed E-state index contributed by atoms with van der Waals surface area (Å²) in [6.45, 7) is 2.34. The van der Waals surface area contributed by atoms with Gasteiger partial charge in [-0.15, -0.1) is 0 Å². The molecular formula is C15H20F3N5. The molecule has 2 rings (SSSR count). The molecule has 2 aromatic heterocycles. The Bertz CT molecular complexity index is 675. The first-order valence-corrected chi connectivity index (χ1v) is 7.33. The maximum absolute atomic E-state index is 12.1. The third-order valence-corrected chi connectivity index (χ3v) is 3.33. The van der Waals surface area contributed by atoms with Crippen molar-refractivity contribution >= 4 is 11.6 Å². The molecule has 8 heteroatoms. The quantitative estimate of drug-likeness (QED) is 0.654. The van der Waals surface area contributed by atoms with Crippen LogP contribution in [0.1, 0.15) is 17.7 Å². The number of pyridine rings is 1. The highest BCUT2D eigenvalue weighted by Gasteiger charge is 2.26. The molecular weight excluding hydrogens is 307 g/mol. The summed E-state index contributed by atoms with van der Waals surface area (Å²) >= 11 is 0. The summed E-state index contributed by atoms with van der Waals surface area (Å²) in [6.07, 6.45) is -0.519. The molecule has 0 atom stereocenters. The number of halogens is 3. The van der Waals surface area contributed by atoms with E-state index in [0.29, 0.717) is 18.9 Å². The lowest BCUT2D eigenvalue weighted by Gasteiger charge is -2.12. The van der Waals surface area contributed by atoms with Crippen LogP contribution in [0.15, 0.2) is 29.5 Å². The van der Waals surface area contributed by atoms with Crippen molar-refractivity contribution in [2.24, 2.45) is 4.99 Å². The van der Waals surface area contributed by atoms with Crippen molar-refractivity contribution in [3.05, 3.63) is 35.8 Å². The van der Waals surface area contributed by atoms with Gasteiger partial charge in [-0.3, -0.25) is 4.99 Å². The highest BCUT2D eigenvalue weighted by molar-refractivity contribution is 5.79. The Morgan fingerprint density at radius 2 is 2.04 bits per heavy atom. The molecule has 0 fully saturated rings. The monoisotopic (exact) mass is 327 g/mol. The summed E-state index contributed by atoms with van der Waals surface area (Å²) in [4.78, 5) is 8.44. The van der Waals surface area contributed by atoms with E-state index >= 15 is 0 Å². The highest BCUT2D eigenvalue weighted by Crippen LogP contribution is 2.18. The summed E-state index contributed by atoms with van der Waals surface area (Å²) in [5.74, 6) is 0.356. The normalized spacial score (nSPS) is 12.7. The van der Waals surface area contributed by atoms with E-state index in [9.17, 15) is 13.2 Å². The summed E-state index contributed by atoms with van der Waals surface area (Å²) in [7, 11) is 1.52. The van der Waals surface area contributed by atoms with Crippen LogP contribution in [0.4, 0.5) is 13.2 Å². The summed E-state index contributed by atoms with van der Waals surface area (Å²) < 4.78 is 38.3. The fourth-order valence-corrected chi connectivity index (χ4v) is 2.18. The van der Waals surface area contributed by atoms with E-state index < -0.39 is 12.6 Å². The van der Waals surface area contributed by atoms with Crippen LogP contribution in [-0.2, 0) is 6.42 Å². The van der Waals surface area contributed by atoms with Crippen LogP contribution in [0.5, 0.6) is 0 Å². The number of hydrogen-bond donors (Lipinski definition) is 2. The van der Waals surface area contributed by atoms with Crippen molar-refractivity contribution in [2.45, 2.75) is 25.9 Å². The minimum Gasteiger partial charge on any atom is -0.356 e. The third-order valence-electron chi connectivity index (χ3n) is 3.33. The van der Waals surface area contributed by atoms with Crippen LogP contribution in [-0.4, -0.2) is 41.7 Å².